The molecule has 0 fully saturated rings. The van der Waals surface area contributed by atoms with Crippen LogP contribution in [-0.2, 0) is 4.74 Å². The quantitative estimate of drug-likeness (QED) is 0.664. The normalized spacial score (nSPS) is 10.5. The Kier molecular flexibility index (Phi) is 7.82. The van der Waals surface area contributed by atoms with Crippen molar-refractivity contribution in [2.75, 3.05) is 32.2 Å². The summed E-state index contributed by atoms with van der Waals surface area (Å²) in [5, 5.41) is 5.56. The first-order valence-electron chi connectivity index (χ1n) is 8.91. The van der Waals surface area contributed by atoms with E-state index in [0.29, 0.717) is 48.2 Å². The molecule has 0 radical (unpaired) electrons. The summed E-state index contributed by atoms with van der Waals surface area (Å²) in [5.41, 5.74) is 1.31. The fourth-order valence-corrected chi connectivity index (χ4v) is 2.34. The number of methoxy groups -OCH3 is 1. The maximum Gasteiger partial charge on any atom is 0.255 e. The molecule has 0 spiro atoms. The Hall–Kier alpha value is -2.86. The first kappa shape index (κ1) is 20.5. The summed E-state index contributed by atoms with van der Waals surface area (Å²) >= 11 is 0. The summed E-state index contributed by atoms with van der Waals surface area (Å²) in [6, 6.07) is 13.9. The van der Waals surface area contributed by atoms with Gasteiger partial charge >= 0.3 is 0 Å². The smallest absolute Gasteiger partial charge is 0.255 e. The Morgan fingerprint density at radius 2 is 1.81 bits per heavy atom. The minimum absolute atomic E-state index is 0.267. The summed E-state index contributed by atoms with van der Waals surface area (Å²) in [7, 11) is 1.57. The summed E-state index contributed by atoms with van der Waals surface area (Å²) < 4.78 is 10.6. The molecule has 2 aromatic rings. The van der Waals surface area contributed by atoms with Crippen molar-refractivity contribution < 1.29 is 19.1 Å². The lowest BCUT2D eigenvalue weighted by Crippen LogP contribution is -2.28. The van der Waals surface area contributed by atoms with E-state index in [-0.39, 0.29) is 11.8 Å². The number of para-hydroxylation sites is 1. The Morgan fingerprint density at radius 1 is 1.04 bits per heavy atom. The standard InChI is InChI=1S/C21H26N2O4/c1-15(2)14-27-17-8-6-7-16(13-17)20(24)23-19-10-5-4-9-18(19)21(25)22-11-12-26-3/h4-10,13,15H,11-12,14H2,1-3H3,(H,22,25)(H,23,24). The number of anilines is 1. The highest BCUT2D eigenvalue weighted by atomic mass is 16.5. The summed E-state index contributed by atoms with van der Waals surface area (Å²) in [6.07, 6.45) is 0. The van der Waals surface area contributed by atoms with Crippen molar-refractivity contribution in [1.29, 1.82) is 0 Å². The molecular formula is C21H26N2O4. The van der Waals surface area contributed by atoms with E-state index < -0.39 is 0 Å². The molecule has 0 aliphatic heterocycles. The SMILES string of the molecule is COCCNC(=O)c1ccccc1NC(=O)c1cccc(OCC(C)C)c1. The van der Waals surface area contributed by atoms with Gasteiger partial charge in [0.2, 0.25) is 0 Å². The highest BCUT2D eigenvalue weighted by Gasteiger charge is 2.14. The lowest BCUT2D eigenvalue weighted by molar-refractivity contribution is 0.0938. The van der Waals surface area contributed by atoms with Gasteiger partial charge in [-0.05, 0) is 36.2 Å². The number of benzene rings is 2. The fourth-order valence-electron chi connectivity index (χ4n) is 2.34. The molecule has 0 saturated carbocycles. The van der Waals surface area contributed by atoms with Gasteiger partial charge in [0.15, 0.2) is 0 Å². The second-order valence-electron chi connectivity index (χ2n) is 6.48. The number of ether oxygens (including phenoxy) is 2. The Labute approximate surface area is 159 Å². The third-order valence-electron chi connectivity index (χ3n) is 3.69. The molecule has 0 saturated heterocycles. The summed E-state index contributed by atoms with van der Waals surface area (Å²) in [5.74, 6) is 0.465. The lowest BCUT2D eigenvalue weighted by atomic mass is 10.1. The molecule has 0 atom stereocenters. The van der Waals surface area contributed by atoms with Gasteiger partial charge in [0, 0.05) is 19.2 Å². The van der Waals surface area contributed by atoms with E-state index in [2.05, 4.69) is 24.5 Å². The zero-order chi connectivity index (χ0) is 19.6. The minimum atomic E-state index is -0.304. The zero-order valence-corrected chi connectivity index (χ0v) is 16.0. The first-order valence-corrected chi connectivity index (χ1v) is 8.91. The van der Waals surface area contributed by atoms with Crippen molar-refractivity contribution in [2.45, 2.75) is 13.8 Å². The van der Waals surface area contributed by atoms with Crippen LogP contribution in [0.3, 0.4) is 0 Å². The predicted octanol–water partition coefficient (Wildman–Crippen LogP) is 3.35. The largest absolute Gasteiger partial charge is 0.493 e. The molecule has 0 unspecified atom stereocenters. The van der Waals surface area contributed by atoms with Crippen LogP contribution in [0.5, 0.6) is 5.75 Å². The molecule has 6 nitrogen and oxygen atoms in total. The molecule has 2 aromatic carbocycles. The van der Waals surface area contributed by atoms with Gasteiger partial charge in [0.25, 0.3) is 11.8 Å². The van der Waals surface area contributed by atoms with Crippen LogP contribution in [0.2, 0.25) is 0 Å². The van der Waals surface area contributed by atoms with Gasteiger partial charge in [0.1, 0.15) is 5.75 Å². The van der Waals surface area contributed by atoms with E-state index in [4.69, 9.17) is 9.47 Å². The molecule has 144 valence electrons. The number of rotatable bonds is 9. The molecule has 0 aliphatic rings. The highest BCUT2D eigenvalue weighted by Crippen LogP contribution is 2.19. The monoisotopic (exact) mass is 370 g/mol. The maximum atomic E-state index is 12.6. The molecule has 0 heterocycles. The van der Waals surface area contributed by atoms with Crippen molar-refractivity contribution in [3.05, 3.63) is 59.7 Å². The van der Waals surface area contributed by atoms with E-state index >= 15 is 0 Å². The molecule has 2 rings (SSSR count). The highest BCUT2D eigenvalue weighted by molar-refractivity contribution is 6.09. The van der Waals surface area contributed by atoms with Crippen LogP contribution < -0.4 is 15.4 Å². The molecule has 0 aromatic heterocycles. The van der Waals surface area contributed by atoms with Gasteiger partial charge in [-0.2, -0.15) is 0 Å². The number of amides is 2. The van der Waals surface area contributed by atoms with E-state index in [9.17, 15) is 9.59 Å². The third kappa shape index (κ3) is 6.42. The van der Waals surface area contributed by atoms with Crippen LogP contribution in [0.25, 0.3) is 0 Å². The van der Waals surface area contributed by atoms with E-state index in [1.54, 1.807) is 49.6 Å². The molecule has 27 heavy (non-hydrogen) atoms. The van der Waals surface area contributed by atoms with Crippen LogP contribution in [0.15, 0.2) is 48.5 Å². The Balaban J connectivity index is 2.10. The van der Waals surface area contributed by atoms with Gasteiger partial charge < -0.3 is 20.1 Å². The Bertz CT molecular complexity index is 774. The van der Waals surface area contributed by atoms with Crippen molar-refractivity contribution >= 4 is 17.5 Å². The molecule has 2 N–H and O–H groups in total. The summed E-state index contributed by atoms with van der Waals surface area (Å²) in [4.78, 5) is 24.9. The fraction of sp³-hybridized carbons (Fsp3) is 0.333. The van der Waals surface area contributed by atoms with E-state index in [1.165, 1.54) is 0 Å². The topological polar surface area (TPSA) is 76.7 Å². The van der Waals surface area contributed by atoms with E-state index in [0.717, 1.165) is 0 Å². The average molecular weight is 370 g/mol. The molecular weight excluding hydrogens is 344 g/mol. The van der Waals surface area contributed by atoms with Crippen molar-refractivity contribution in [3.8, 4) is 5.75 Å². The van der Waals surface area contributed by atoms with Crippen LogP contribution >= 0.6 is 0 Å². The van der Waals surface area contributed by atoms with Crippen molar-refractivity contribution in [1.82, 2.24) is 5.32 Å². The van der Waals surface area contributed by atoms with Gasteiger partial charge in [-0.3, -0.25) is 9.59 Å². The average Bonchev–Trinajstić information content (AvgIpc) is 2.67. The van der Waals surface area contributed by atoms with E-state index in [1.807, 2.05) is 6.07 Å². The minimum Gasteiger partial charge on any atom is -0.493 e. The van der Waals surface area contributed by atoms with Crippen LogP contribution in [0.1, 0.15) is 34.6 Å². The van der Waals surface area contributed by atoms with Gasteiger partial charge in [-0.25, -0.2) is 0 Å². The molecule has 0 aliphatic carbocycles. The number of hydrogen-bond donors (Lipinski definition) is 2. The molecule has 2 amide bonds. The van der Waals surface area contributed by atoms with Crippen molar-refractivity contribution in [2.24, 2.45) is 5.92 Å². The molecule has 6 heteroatoms. The number of carbonyl (C=O) groups excluding carboxylic acids is 2. The van der Waals surface area contributed by atoms with Gasteiger partial charge in [-0.1, -0.05) is 32.0 Å². The lowest BCUT2D eigenvalue weighted by Gasteiger charge is -2.12. The number of nitrogens with one attached hydrogen (secondary N) is 2. The second-order valence-corrected chi connectivity index (χ2v) is 6.48. The van der Waals surface area contributed by atoms with Crippen LogP contribution in [0, 0.1) is 5.92 Å². The molecule has 0 bridgehead atoms. The van der Waals surface area contributed by atoms with Gasteiger partial charge in [0.05, 0.1) is 24.5 Å². The first-order chi connectivity index (χ1) is 13.0. The number of hydrogen-bond acceptors (Lipinski definition) is 4. The van der Waals surface area contributed by atoms with Crippen LogP contribution in [0.4, 0.5) is 5.69 Å². The Morgan fingerprint density at radius 3 is 2.56 bits per heavy atom. The summed E-state index contributed by atoms with van der Waals surface area (Å²) in [6.45, 7) is 5.52. The van der Waals surface area contributed by atoms with Crippen molar-refractivity contribution in [3.63, 3.8) is 0 Å². The third-order valence-corrected chi connectivity index (χ3v) is 3.69. The van der Waals surface area contributed by atoms with Crippen LogP contribution in [-0.4, -0.2) is 38.7 Å². The second kappa shape index (κ2) is 10.3. The number of carbonyl (C=O) groups is 2. The zero-order valence-electron chi connectivity index (χ0n) is 16.0. The maximum absolute atomic E-state index is 12.6. The predicted molar refractivity (Wildman–Crippen MR) is 105 cm³/mol. The van der Waals surface area contributed by atoms with Gasteiger partial charge in [-0.15, -0.1) is 0 Å².